The van der Waals surface area contributed by atoms with Gasteiger partial charge in [-0.25, -0.2) is 0 Å². The van der Waals surface area contributed by atoms with Gasteiger partial charge in [-0.3, -0.25) is 4.79 Å². The fourth-order valence-electron chi connectivity index (χ4n) is 2.86. The largest absolute Gasteiger partial charge is 0.343 e. The summed E-state index contributed by atoms with van der Waals surface area (Å²) in [5, 5.41) is 0. The molecule has 0 bridgehead atoms. The normalized spacial score (nSPS) is 22.7. The molecule has 1 spiro atoms. The highest BCUT2D eigenvalue weighted by molar-refractivity contribution is 5.73. The fraction of sp³-hybridized carbons (Fsp3) is 0.923. The van der Waals surface area contributed by atoms with Crippen molar-refractivity contribution in [1.82, 2.24) is 9.80 Å². The lowest BCUT2D eigenvalue weighted by atomic mass is 9.72. The third-order valence-corrected chi connectivity index (χ3v) is 3.83. The van der Waals surface area contributed by atoms with E-state index in [1.807, 2.05) is 18.7 Å². The van der Waals surface area contributed by atoms with Gasteiger partial charge < -0.3 is 15.5 Å². The Bertz CT molecular complexity index is 239. The molecule has 0 aromatic rings. The van der Waals surface area contributed by atoms with Crippen molar-refractivity contribution in [1.29, 1.82) is 0 Å². The van der Waals surface area contributed by atoms with E-state index < -0.39 is 0 Å². The van der Waals surface area contributed by atoms with Crippen LogP contribution < -0.4 is 5.73 Å². The van der Waals surface area contributed by atoms with Gasteiger partial charge in [0.2, 0.25) is 5.91 Å². The van der Waals surface area contributed by atoms with Crippen molar-refractivity contribution < 1.29 is 4.79 Å². The molecule has 0 aromatic heterocycles. The van der Waals surface area contributed by atoms with Crippen molar-refractivity contribution in [3.8, 4) is 0 Å². The number of piperidine rings is 1. The molecule has 2 fully saturated rings. The predicted molar refractivity (Wildman–Crippen MR) is 70.8 cm³/mol. The van der Waals surface area contributed by atoms with Crippen LogP contribution in [-0.2, 0) is 4.79 Å². The summed E-state index contributed by atoms with van der Waals surface area (Å²) in [6.45, 7) is 11.7. The van der Waals surface area contributed by atoms with Crippen molar-refractivity contribution in [2.75, 3.05) is 39.3 Å². The first-order valence-electron chi connectivity index (χ1n) is 6.83. The first-order chi connectivity index (χ1) is 8.15. The molecule has 2 N–H and O–H groups in total. The maximum absolute atomic E-state index is 11.2. The Morgan fingerprint density at radius 2 is 1.76 bits per heavy atom. The number of hydrogen-bond donors (Lipinski definition) is 1. The van der Waals surface area contributed by atoms with Crippen LogP contribution in [0.2, 0.25) is 0 Å². The van der Waals surface area contributed by atoms with E-state index in [4.69, 9.17) is 5.73 Å². The highest BCUT2D eigenvalue weighted by Crippen LogP contribution is 2.39. The molecule has 4 nitrogen and oxygen atoms in total. The zero-order valence-corrected chi connectivity index (χ0v) is 11.5. The van der Waals surface area contributed by atoms with E-state index in [1.165, 1.54) is 25.9 Å². The molecule has 0 unspecified atom stereocenters. The number of amides is 1. The monoisotopic (exact) mass is 241 g/mol. The average molecular weight is 241 g/mol. The quantitative estimate of drug-likeness (QED) is 0.782. The van der Waals surface area contributed by atoms with E-state index in [1.54, 1.807) is 6.92 Å². The Kier molecular flexibility index (Phi) is 5.40. The summed E-state index contributed by atoms with van der Waals surface area (Å²) < 4.78 is 0. The summed E-state index contributed by atoms with van der Waals surface area (Å²) in [6.07, 6.45) is 2.35. The maximum atomic E-state index is 11.2. The molecule has 100 valence electrons. The number of carbonyl (C=O) groups excluding carboxylic acids is 1. The molecule has 2 aliphatic heterocycles. The Morgan fingerprint density at radius 1 is 1.24 bits per heavy atom. The highest BCUT2D eigenvalue weighted by atomic mass is 16.2. The summed E-state index contributed by atoms with van der Waals surface area (Å²) in [5.74, 6) is 0.225. The summed E-state index contributed by atoms with van der Waals surface area (Å²) >= 11 is 0. The zero-order valence-electron chi connectivity index (χ0n) is 11.5. The number of hydrogen-bond acceptors (Lipinski definition) is 3. The zero-order chi connectivity index (χ0) is 12.9. The van der Waals surface area contributed by atoms with Crippen molar-refractivity contribution >= 4 is 5.91 Å². The number of nitrogens with zero attached hydrogens (tertiary/aromatic N) is 2. The Hall–Kier alpha value is -0.610. The first kappa shape index (κ1) is 14.5. The first-order valence-corrected chi connectivity index (χ1v) is 6.83. The molecule has 4 heteroatoms. The molecule has 2 saturated heterocycles. The second kappa shape index (κ2) is 6.36. The van der Waals surface area contributed by atoms with Gasteiger partial charge in [-0.15, -0.1) is 0 Å². The minimum atomic E-state index is 0.225. The van der Waals surface area contributed by atoms with Crippen LogP contribution in [0.25, 0.3) is 0 Å². The second-order valence-corrected chi connectivity index (χ2v) is 5.01. The lowest BCUT2D eigenvalue weighted by Gasteiger charge is -2.54. The summed E-state index contributed by atoms with van der Waals surface area (Å²) in [4.78, 5) is 15.6. The van der Waals surface area contributed by atoms with Crippen LogP contribution in [-0.4, -0.2) is 55.0 Å². The van der Waals surface area contributed by atoms with Crippen LogP contribution in [0.1, 0.15) is 33.6 Å². The minimum absolute atomic E-state index is 0.225. The topological polar surface area (TPSA) is 49.6 Å². The molecule has 0 aromatic carbocycles. The van der Waals surface area contributed by atoms with Gasteiger partial charge in [0.25, 0.3) is 0 Å². The van der Waals surface area contributed by atoms with Crippen LogP contribution in [0.3, 0.4) is 0 Å². The van der Waals surface area contributed by atoms with E-state index in [9.17, 15) is 4.79 Å². The molecule has 2 heterocycles. The molecule has 2 rings (SSSR count). The van der Waals surface area contributed by atoms with Crippen LogP contribution in [0.5, 0.6) is 0 Å². The van der Waals surface area contributed by atoms with Crippen molar-refractivity contribution in [2.45, 2.75) is 33.6 Å². The predicted octanol–water partition coefficient (Wildman–Crippen LogP) is 0.916. The van der Waals surface area contributed by atoms with Crippen molar-refractivity contribution in [3.05, 3.63) is 0 Å². The van der Waals surface area contributed by atoms with E-state index in [0.717, 1.165) is 26.2 Å². The standard InChI is InChI=1S/C11H21N3O.C2H6/c1-10(15)14-5-2-11(3-6-14)8-13(9-11)7-4-12;1-2/h2-9,12H2,1H3;1-2H3. The SMILES string of the molecule is CC.CC(=O)N1CCC2(CC1)CN(CCN)C2. The van der Waals surface area contributed by atoms with Gasteiger partial charge in [-0.2, -0.15) is 0 Å². The third kappa shape index (κ3) is 3.42. The Labute approximate surface area is 105 Å². The lowest BCUT2D eigenvalue weighted by molar-refractivity contribution is -0.133. The van der Waals surface area contributed by atoms with Gasteiger partial charge in [0, 0.05) is 46.2 Å². The summed E-state index contributed by atoms with van der Waals surface area (Å²) in [7, 11) is 0. The van der Waals surface area contributed by atoms with Crippen LogP contribution in [0, 0.1) is 5.41 Å². The third-order valence-electron chi connectivity index (χ3n) is 3.83. The molecule has 1 amide bonds. The van der Waals surface area contributed by atoms with Crippen molar-refractivity contribution in [2.24, 2.45) is 11.1 Å². The Morgan fingerprint density at radius 3 is 2.18 bits per heavy atom. The van der Waals surface area contributed by atoms with Crippen LogP contribution >= 0.6 is 0 Å². The minimum Gasteiger partial charge on any atom is -0.343 e. The molecule has 0 radical (unpaired) electrons. The van der Waals surface area contributed by atoms with Crippen LogP contribution in [0.15, 0.2) is 0 Å². The Balaban J connectivity index is 0.000000686. The van der Waals surface area contributed by atoms with Gasteiger partial charge in [-0.1, -0.05) is 13.8 Å². The maximum Gasteiger partial charge on any atom is 0.219 e. The number of carbonyl (C=O) groups is 1. The molecule has 2 aliphatic rings. The smallest absolute Gasteiger partial charge is 0.219 e. The van der Waals surface area contributed by atoms with Crippen LogP contribution in [0.4, 0.5) is 0 Å². The average Bonchev–Trinajstić information content (AvgIpc) is 2.31. The molecule has 0 saturated carbocycles. The summed E-state index contributed by atoms with van der Waals surface area (Å²) in [5.41, 5.74) is 6.04. The highest BCUT2D eigenvalue weighted by Gasteiger charge is 2.44. The van der Waals surface area contributed by atoms with E-state index in [-0.39, 0.29) is 5.91 Å². The van der Waals surface area contributed by atoms with Gasteiger partial charge >= 0.3 is 0 Å². The molecule has 17 heavy (non-hydrogen) atoms. The van der Waals surface area contributed by atoms with E-state index in [0.29, 0.717) is 5.41 Å². The molecular weight excluding hydrogens is 214 g/mol. The lowest BCUT2D eigenvalue weighted by Crippen LogP contribution is -2.61. The number of rotatable bonds is 2. The van der Waals surface area contributed by atoms with Gasteiger partial charge in [0.15, 0.2) is 0 Å². The van der Waals surface area contributed by atoms with Gasteiger partial charge in [-0.05, 0) is 18.3 Å². The number of likely N-dealkylation sites (tertiary alicyclic amines) is 2. The molecule has 0 aliphatic carbocycles. The molecule has 0 atom stereocenters. The summed E-state index contributed by atoms with van der Waals surface area (Å²) in [6, 6.07) is 0. The number of nitrogens with two attached hydrogens (primary N) is 1. The van der Waals surface area contributed by atoms with E-state index in [2.05, 4.69) is 4.90 Å². The van der Waals surface area contributed by atoms with Gasteiger partial charge in [0.1, 0.15) is 0 Å². The second-order valence-electron chi connectivity index (χ2n) is 5.01. The van der Waals surface area contributed by atoms with Crippen molar-refractivity contribution in [3.63, 3.8) is 0 Å². The van der Waals surface area contributed by atoms with E-state index >= 15 is 0 Å². The fourth-order valence-corrected chi connectivity index (χ4v) is 2.86. The van der Waals surface area contributed by atoms with Gasteiger partial charge in [0.05, 0.1) is 0 Å². The molecular formula is C13H27N3O.